The molecule has 1 aromatic carbocycles. The fraction of sp³-hybridized carbons (Fsp3) is 0.533. The van der Waals surface area contributed by atoms with Crippen LogP contribution in [-0.2, 0) is 11.3 Å². The molecule has 2 aliphatic rings. The fourth-order valence-corrected chi connectivity index (χ4v) is 3.15. The molecule has 0 radical (unpaired) electrons. The number of rotatable bonds is 4. The molecular weight excluding hydrogens is 318 g/mol. The maximum absolute atomic E-state index is 11.4. The van der Waals surface area contributed by atoms with Gasteiger partial charge in [0.2, 0.25) is 5.91 Å². The average molecular weight is 338 g/mol. The summed E-state index contributed by atoms with van der Waals surface area (Å²) in [5, 5.41) is 6.43. The van der Waals surface area contributed by atoms with Gasteiger partial charge in [-0.1, -0.05) is 6.07 Å². The van der Waals surface area contributed by atoms with Gasteiger partial charge in [0.25, 0.3) is 0 Å². The third-order valence-corrected chi connectivity index (χ3v) is 4.47. The van der Waals surface area contributed by atoms with Crippen LogP contribution in [0.5, 0.6) is 0 Å². The molecule has 1 saturated heterocycles. The molecule has 1 aliphatic heterocycles. The number of hydrogen-bond donors (Lipinski definition) is 2. The number of benzene rings is 1. The van der Waals surface area contributed by atoms with E-state index in [2.05, 4.69) is 49.7 Å². The number of halogens is 1. The summed E-state index contributed by atoms with van der Waals surface area (Å²) in [6.45, 7) is 3.30. The molecule has 0 unspecified atom stereocenters. The summed E-state index contributed by atoms with van der Waals surface area (Å²) >= 11 is 3.67. The van der Waals surface area contributed by atoms with Crippen LogP contribution in [0.1, 0.15) is 24.8 Å². The molecule has 1 amide bonds. The number of anilines is 1. The molecule has 2 N–H and O–H groups in total. The highest BCUT2D eigenvalue weighted by atomic mass is 79.9. The molecule has 20 heavy (non-hydrogen) atoms. The van der Waals surface area contributed by atoms with Gasteiger partial charge in [-0.05, 0) is 46.5 Å². The van der Waals surface area contributed by atoms with E-state index in [1.165, 1.54) is 24.1 Å². The molecule has 2 fully saturated rings. The minimum absolute atomic E-state index is 0.147. The van der Waals surface area contributed by atoms with Crippen molar-refractivity contribution in [3.63, 3.8) is 0 Å². The molecule has 5 heteroatoms. The van der Waals surface area contributed by atoms with E-state index in [-0.39, 0.29) is 5.91 Å². The lowest BCUT2D eigenvalue weighted by atomic mass is 10.2. The van der Waals surface area contributed by atoms with Crippen molar-refractivity contribution in [2.45, 2.75) is 31.8 Å². The Morgan fingerprint density at radius 2 is 2.20 bits per heavy atom. The molecule has 4 nitrogen and oxygen atoms in total. The van der Waals surface area contributed by atoms with E-state index >= 15 is 0 Å². The summed E-state index contributed by atoms with van der Waals surface area (Å²) in [7, 11) is 0. The summed E-state index contributed by atoms with van der Waals surface area (Å²) in [5.74, 6) is 0.147. The first-order chi connectivity index (χ1) is 9.72. The van der Waals surface area contributed by atoms with Crippen molar-refractivity contribution >= 4 is 27.5 Å². The topological polar surface area (TPSA) is 44.4 Å². The fourth-order valence-electron chi connectivity index (χ4n) is 2.47. The largest absolute Gasteiger partial charge is 0.368 e. The lowest BCUT2D eigenvalue weighted by molar-refractivity contribution is -0.120. The predicted octanol–water partition coefficient (Wildman–Crippen LogP) is 2.03. The van der Waals surface area contributed by atoms with Gasteiger partial charge >= 0.3 is 0 Å². The minimum atomic E-state index is 0.147. The van der Waals surface area contributed by atoms with E-state index < -0.39 is 0 Å². The van der Waals surface area contributed by atoms with Gasteiger partial charge in [-0.3, -0.25) is 4.79 Å². The molecule has 1 saturated carbocycles. The number of carbonyl (C=O) groups excluding carboxylic acids is 1. The second-order valence-corrected chi connectivity index (χ2v) is 6.38. The van der Waals surface area contributed by atoms with Crippen molar-refractivity contribution in [1.82, 2.24) is 10.6 Å². The lowest BCUT2D eigenvalue weighted by Crippen LogP contribution is -2.28. The molecule has 1 aromatic rings. The van der Waals surface area contributed by atoms with Crippen LogP contribution in [-0.4, -0.2) is 31.6 Å². The smallest absolute Gasteiger partial charge is 0.221 e. The van der Waals surface area contributed by atoms with E-state index in [0.29, 0.717) is 6.42 Å². The summed E-state index contributed by atoms with van der Waals surface area (Å²) < 4.78 is 1.11. The van der Waals surface area contributed by atoms with Gasteiger partial charge in [-0.15, -0.1) is 0 Å². The first-order valence-electron chi connectivity index (χ1n) is 7.26. The summed E-state index contributed by atoms with van der Waals surface area (Å²) in [6.07, 6.45) is 3.19. The molecule has 0 atom stereocenters. The highest BCUT2D eigenvalue weighted by molar-refractivity contribution is 9.10. The summed E-state index contributed by atoms with van der Waals surface area (Å²) in [6, 6.07) is 7.25. The Bertz CT molecular complexity index is 502. The van der Waals surface area contributed by atoms with Crippen LogP contribution in [0.4, 0.5) is 5.69 Å². The Balaban J connectivity index is 1.67. The third kappa shape index (κ3) is 3.52. The Morgan fingerprint density at radius 1 is 1.35 bits per heavy atom. The number of hydrogen-bond acceptors (Lipinski definition) is 3. The quantitative estimate of drug-likeness (QED) is 0.883. The highest BCUT2D eigenvalue weighted by Crippen LogP contribution is 2.28. The van der Waals surface area contributed by atoms with Gasteiger partial charge in [0.15, 0.2) is 0 Å². The molecular formula is C15H20BrN3O. The Hall–Kier alpha value is -1.07. The second-order valence-electron chi connectivity index (χ2n) is 5.53. The predicted molar refractivity (Wildman–Crippen MR) is 83.8 cm³/mol. The van der Waals surface area contributed by atoms with Gasteiger partial charge < -0.3 is 15.5 Å². The Kier molecular flexibility index (Phi) is 4.27. The Labute approximate surface area is 128 Å². The van der Waals surface area contributed by atoms with Crippen molar-refractivity contribution in [3.05, 3.63) is 28.2 Å². The molecule has 0 bridgehead atoms. The van der Waals surface area contributed by atoms with Crippen molar-refractivity contribution in [1.29, 1.82) is 0 Å². The van der Waals surface area contributed by atoms with E-state index in [0.717, 1.165) is 36.7 Å². The zero-order valence-electron chi connectivity index (χ0n) is 11.5. The third-order valence-electron chi connectivity index (χ3n) is 3.84. The molecule has 1 heterocycles. The average Bonchev–Trinajstić information content (AvgIpc) is 3.25. The zero-order valence-corrected chi connectivity index (χ0v) is 13.1. The summed E-state index contributed by atoms with van der Waals surface area (Å²) in [5.41, 5.74) is 2.48. The SMILES string of the molecule is O=C1CCN(c2ccc(CNC3CC3)cc2Br)CCN1. The van der Waals surface area contributed by atoms with Crippen LogP contribution in [0.3, 0.4) is 0 Å². The van der Waals surface area contributed by atoms with Crippen LogP contribution < -0.4 is 15.5 Å². The van der Waals surface area contributed by atoms with Gasteiger partial charge in [0, 0.05) is 43.1 Å². The molecule has 0 spiro atoms. The second kappa shape index (κ2) is 6.14. The van der Waals surface area contributed by atoms with E-state index in [9.17, 15) is 4.79 Å². The molecule has 0 aromatic heterocycles. The maximum atomic E-state index is 11.4. The monoisotopic (exact) mass is 337 g/mol. The van der Waals surface area contributed by atoms with Crippen molar-refractivity contribution in [2.75, 3.05) is 24.5 Å². The first kappa shape index (κ1) is 13.9. The Morgan fingerprint density at radius 3 is 2.95 bits per heavy atom. The maximum Gasteiger partial charge on any atom is 0.221 e. The van der Waals surface area contributed by atoms with Crippen LogP contribution in [0.15, 0.2) is 22.7 Å². The highest BCUT2D eigenvalue weighted by Gasteiger charge is 2.20. The molecule has 3 rings (SSSR count). The molecule has 108 valence electrons. The van der Waals surface area contributed by atoms with E-state index in [1.807, 2.05) is 0 Å². The standard InChI is InChI=1S/C15H20BrN3O/c16-13-9-11(10-18-12-2-3-12)1-4-14(13)19-7-5-15(20)17-6-8-19/h1,4,9,12,18H,2-3,5-8,10H2,(H,17,20). The van der Waals surface area contributed by atoms with Gasteiger partial charge in [0.05, 0.1) is 5.69 Å². The molecule has 1 aliphatic carbocycles. The van der Waals surface area contributed by atoms with Crippen molar-refractivity contribution in [3.8, 4) is 0 Å². The number of amides is 1. The zero-order chi connectivity index (χ0) is 13.9. The van der Waals surface area contributed by atoms with Gasteiger partial charge in [-0.2, -0.15) is 0 Å². The van der Waals surface area contributed by atoms with Crippen LogP contribution in [0.25, 0.3) is 0 Å². The van der Waals surface area contributed by atoms with E-state index in [1.54, 1.807) is 0 Å². The van der Waals surface area contributed by atoms with Crippen molar-refractivity contribution in [2.24, 2.45) is 0 Å². The normalized spacial score (nSPS) is 19.6. The minimum Gasteiger partial charge on any atom is -0.368 e. The number of carbonyl (C=O) groups is 1. The number of nitrogens with one attached hydrogen (secondary N) is 2. The van der Waals surface area contributed by atoms with Gasteiger partial charge in [0.1, 0.15) is 0 Å². The van der Waals surface area contributed by atoms with E-state index in [4.69, 9.17) is 0 Å². The van der Waals surface area contributed by atoms with Crippen LogP contribution >= 0.6 is 15.9 Å². The summed E-state index contributed by atoms with van der Waals surface area (Å²) in [4.78, 5) is 13.7. The van der Waals surface area contributed by atoms with Crippen LogP contribution in [0, 0.1) is 0 Å². The lowest BCUT2D eigenvalue weighted by Gasteiger charge is -2.23. The first-order valence-corrected chi connectivity index (χ1v) is 8.05. The van der Waals surface area contributed by atoms with Crippen LogP contribution in [0.2, 0.25) is 0 Å². The van der Waals surface area contributed by atoms with Gasteiger partial charge in [-0.25, -0.2) is 0 Å². The number of nitrogens with zero attached hydrogens (tertiary/aromatic N) is 1. The van der Waals surface area contributed by atoms with Crippen molar-refractivity contribution < 1.29 is 4.79 Å².